The fraction of sp³-hybridized carbons (Fsp3) is 0.583. The van der Waals surface area contributed by atoms with Crippen LogP contribution in [-0.2, 0) is 4.74 Å². The monoisotopic (exact) mass is 461 g/mol. The Kier molecular flexibility index (Phi) is 7.81. The molecule has 2 heterocycles. The first-order valence-electron chi connectivity index (χ1n) is 11.6. The van der Waals surface area contributed by atoms with Crippen molar-refractivity contribution < 1.29 is 9.13 Å². The summed E-state index contributed by atoms with van der Waals surface area (Å²) in [6, 6.07) is 4.84. The minimum Gasteiger partial charge on any atom is -0.383 e. The van der Waals surface area contributed by atoms with Crippen LogP contribution in [0.2, 0.25) is 5.15 Å². The van der Waals surface area contributed by atoms with Crippen LogP contribution in [0, 0.1) is 11.7 Å². The second-order valence-electron chi connectivity index (χ2n) is 9.15. The number of rotatable bonds is 10. The van der Waals surface area contributed by atoms with Crippen LogP contribution in [0.3, 0.4) is 0 Å². The normalized spacial score (nSPS) is 21.9. The highest BCUT2D eigenvalue weighted by Gasteiger charge is 2.23. The molecule has 0 unspecified atom stereocenters. The summed E-state index contributed by atoms with van der Waals surface area (Å²) in [5, 5.41) is 10.9. The van der Waals surface area contributed by atoms with Crippen molar-refractivity contribution in [3.05, 3.63) is 35.5 Å². The molecule has 0 saturated heterocycles. The zero-order valence-electron chi connectivity index (χ0n) is 18.8. The Bertz CT molecular complexity index is 902. The van der Waals surface area contributed by atoms with Gasteiger partial charge in [0.15, 0.2) is 5.15 Å². The molecule has 1 atom stereocenters. The van der Waals surface area contributed by atoms with E-state index < -0.39 is 0 Å². The van der Waals surface area contributed by atoms with Crippen molar-refractivity contribution in [3.8, 4) is 11.1 Å². The van der Waals surface area contributed by atoms with E-state index in [1.165, 1.54) is 19.0 Å². The summed E-state index contributed by atoms with van der Waals surface area (Å²) in [6.45, 7) is 3.74. The molecule has 0 aliphatic heterocycles. The third-order valence-corrected chi connectivity index (χ3v) is 6.60. The van der Waals surface area contributed by atoms with Crippen molar-refractivity contribution in [2.75, 3.05) is 30.9 Å². The maximum absolute atomic E-state index is 14.6. The van der Waals surface area contributed by atoms with Crippen LogP contribution < -0.4 is 16.0 Å². The Morgan fingerprint density at radius 1 is 1.09 bits per heavy atom. The minimum atomic E-state index is -0.368. The molecule has 32 heavy (non-hydrogen) atoms. The molecule has 2 saturated carbocycles. The molecule has 0 radical (unpaired) electrons. The van der Waals surface area contributed by atoms with Crippen molar-refractivity contribution in [3.63, 3.8) is 0 Å². The maximum atomic E-state index is 14.6. The molecule has 174 valence electrons. The Hall–Kier alpha value is -1.96. The number of halogens is 2. The van der Waals surface area contributed by atoms with E-state index in [9.17, 15) is 4.39 Å². The van der Waals surface area contributed by atoms with E-state index in [-0.39, 0.29) is 5.82 Å². The first kappa shape index (κ1) is 23.2. The van der Waals surface area contributed by atoms with E-state index in [1.54, 1.807) is 19.4 Å². The van der Waals surface area contributed by atoms with Crippen molar-refractivity contribution in [2.24, 2.45) is 5.92 Å². The topological polar surface area (TPSA) is 71.1 Å². The molecule has 0 spiro atoms. The minimum absolute atomic E-state index is 0.329. The Labute approximate surface area is 194 Å². The molecular weight excluding hydrogens is 429 g/mol. The van der Waals surface area contributed by atoms with E-state index in [0.717, 1.165) is 44.5 Å². The van der Waals surface area contributed by atoms with Gasteiger partial charge in [0.05, 0.1) is 18.5 Å². The lowest BCUT2D eigenvalue weighted by atomic mass is 9.90. The molecule has 2 fully saturated rings. The van der Waals surface area contributed by atoms with Crippen molar-refractivity contribution in [1.82, 2.24) is 15.3 Å². The third kappa shape index (κ3) is 6.30. The van der Waals surface area contributed by atoms with E-state index in [4.69, 9.17) is 16.3 Å². The number of methoxy groups -OCH3 is 1. The van der Waals surface area contributed by atoms with E-state index in [0.29, 0.717) is 46.1 Å². The standard InChI is InChI=1S/C24H33ClFN5O/c1-15(14-32-2)30-18-5-7-19(8-6-18)31-23-10-20(21(26)13-28-23)17-9-22(24(25)29-12-17)27-11-16-3-4-16/h9-10,12-13,15-16,18-19,27,30H,3-8,11,14H2,1-2H3,(H,28,31)/t15-,18-,19-/m1/s1. The summed E-state index contributed by atoms with van der Waals surface area (Å²) in [5.41, 5.74) is 1.91. The molecule has 4 rings (SSSR count). The molecule has 2 aliphatic carbocycles. The number of ether oxygens (including phenoxy) is 1. The van der Waals surface area contributed by atoms with Gasteiger partial charge in [-0.25, -0.2) is 14.4 Å². The van der Waals surface area contributed by atoms with Gasteiger partial charge in [-0.2, -0.15) is 0 Å². The van der Waals surface area contributed by atoms with Gasteiger partial charge in [-0.15, -0.1) is 0 Å². The van der Waals surface area contributed by atoms with Gasteiger partial charge in [0.1, 0.15) is 11.6 Å². The van der Waals surface area contributed by atoms with Crippen molar-refractivity contribution >= 4 is 23.1 Å². The predicted molar refractivity (Wildman–Crippen MR) is 128 cm³/mol. The first-order valence-corrected chi connectivity index (χ1v) is 12.0. The summed E-state index contributed by atoms with van der Waals surface area (Å²) < 4.78 is 19.8. The zero-order valence-corrected chi connectivity index (χ0v) is 19.6. The summed E-state index contributed by atoms with van der Waals surface area (Å²) in [6.07, 6.45) is 9.67. The highest BCUT2D eigenvalue weighted by Crippen LogP contribution is 2.33. The number of hydrogen-bond donors (Lipinski definition) is 3. The van der Waals surface area contributed by atoms with Gasteiger partial charge in [-0.3, -0.25) is 0 Å². The Morgan fingerprint density at radius 3 is 2.56 bits per heavy atom. The third-order valence-electron chi connectivity index (χ3n) is 6.30. The number of anilines is 2. The smallest absolute Gasteiger partial charge is 0.152 e. The van der Waals surface area contributed by atoms with Crippen LogP contribution in [0.25, 0.3) is 11.1 Å². The van der Waals surface area contributed by atoms with E-state index in [2.05, 4.69) is 32.8 Å². The lowest BCUT2D eigenvalue weighted by Gasteiger charge is -2.31. The quantitative estimate of drug-likeness (QED) is 0.427. The molecule has 2 aromatic rings. The van der Waals surface area contributed by atoms with Crippen LogP contribution >= 0.6 is 11.6 Å². The molecular formula is C24H33ClFN5O. The fourth-order valence-electron chi connectivity index (χ4n) is 4.35. The van der Waals surface area contributed by atoms with Gasteiger partial charge in [0, 0.05) is 49.1 Å². The second kappa shape index (κ2) is 10.8. The highest BCUT2D eigenvalue weighted by atomic mass is 35.5. The van der Waals surface area contributed by atoms with Crippen molar-refractivity contribution in [1.29, 1.82) is 0 Å². The van der Waals surface area contributed by atoms with Gasteiger partial charge >= 0.3 is 0 Å². The second-order valence-corrected chi connectivity index (χ2v) is 9.51. The summed E-state index contributed by atoms with van der Waals surface area (Å²) >= 11 is 6.24. The predicted octanol–water partition coefficient (Wildman–Crippen LogP) is 5.11. The molecule has 0 aromatic carbocycles. The highest BCUT2D eigenvalue weighted by molar-refractivity contribution is 6.32. The molecule has 0 amide bonds. The SMILES string of the molecule is COC[C@@H](C)N[C@H]1CC[C@H](Nc2cc(-c3cnc(Cl)c(NCC4CC4)c3)c(F)cn2)CC1. The molecule has 3 N–H and O–H groups in total. The number of pyridine rings is 2. The van der Waals surface area contributed by atoms with E-state index in [1.807, 2.05) is 6.07 Å². The largest absolute Gasteiger partial charge is 0.383 e. The van der Waals surface area contributed by atoms with Gasteiger partial charge in [0.2, 0.25) is 0 Å². The Balaban J connectivity index is 1.38. The average Bonchev–Trinajstić information content (AvgIpc) is 3.61. The molecule has 8 heteroatoms. The lowest BCUT2D eigenvalue weighted by molar-refractivity contribution is 0.161. The van der Waals surface area contributed by atoms with Crippen LogP contribution in [0.15, 0.2) is 24.5 Å². The van der Waals surface area contributed by atoms with Crippen LogP contribution in [0.1, 0.15) is 45.4 Å². The Morgan fingerprint density at radius 2 is 1.84 bits per heavy atom. The summed E-state index contributed by atoms with van der Waals surface area (Å²) in [5.74, 6) is 1.03. The summed E-state index contributed by atoms with van der Waals surface area (Å²) in [7, 11) is 1.73. The number of nitrogens with one attached hydrogen (secondary N) is 3. The first-order chi connectivity index (χ1) is 15.5. The number of nitrogens with zero attached hydrogens (tertiary/aromatic N) is 2. The average molecular weight is 462 g/mol. The molecule has 0 bridgehead atoms. The number of hydrogen-bond acceptors (Lipinski definition) is 6. The van der Waals surface area contributed by atoms with Gasteiger partial charge < -0.3 is 20.7 Å². The fourth-order valence-corrected chi connectivity index (χ4v) is 4.52. The van der Waals surface area contributed by atoms with Crippen LogP contribution in [0.4, 0.5) is 15.9 Å². The van der Waals surface area contributed by atoms with Crippen LogP contribution in [0.5, 0.6) is 0 Å². The van der Waals surface area contributed by atoms with Crippen molar-refractivity contribution in [2.45, 2.75) is 63.6 Å². The molecule has 6 nitrogen and oxygen atoms in total. The molecule has 2 aliphatic rings. The maximum Gasteiger partial charge on any atom is 0.152 e. The van der Waals surface area contributed by atoms with Gasteiger partial charge in [-0.1, -0.05) is 11.6 Å². The number of aromatic nitrogens is 2. The van der Waals surface area contributed by atoms with E-state index >= 15 is 0 Å². The molecule has 2 aromatic heterocycles. The van der Waals surface area contributed by atoms with Gasteiger partial charge in [-0.05, 0) is 63.5 Å². The lowest BCUT2D eigenvalue weighted by Crippen LogP contribution is -2.42. The zero-order chi connectivity index (χ0) is 22.5. The van der Waals surface area contributed by atoms with Gasteiger partial charge in [0.25, 0.3) is 0 Å². The van der Waals surface area contributed by atoms with Crippen LogP contribution in [-0.4, -0.2) is 48.4 Å². The summed E-state index contributed by atoms with van der Waals surface area (Å²) in [4.78, 5) is 8.54.